The van der Waals surface area contributed by atoms with Crippen LogP contribution < -0.4 is 10.2 Å². The molecule has 1 fully saturated rings. The van der Waals surface area contributed by atoms with Gasteiger partial charge in [-0.25, -0.2) is 14.5 Å². The average molecular weight is 448 g/mol. The molecule has 0 unspecified atom stereocenters. The monoisotopic (exact) mass is 447 g/mol. The first kappa shape index (κ1) is 19.2. The summed E-state index contributed by atoms with van der Waals surface area (Å²) in [6.07, 6.45) is 5.41. The number of aromatic nitrogens is 4. The molecule has 0 aliphatic carbocycles. The van der Waals surface area contributed by atoms with Gasteiger partial charge in [-0.05, 0) is 42.0 Å². The van der Waals surface area contributed by atoms with Crippen LogP contribution in [0.2, 0.25) is 0 Å². The van der Waals surface area contributed by atoms with E-state index in [1.807, 2.05) is 47.2 Å². The molecule has 0 atom stereocenters. The number of piperazine rings is 1. The molecule has 2 aromatic carbocycles. The van der Waals surface area contributed by atoms with Gasteiger partial charge in [-0.1, -0.05) is 12.1 Å². The van der Waals surface area contributed by atoms with Crippen molar-refractivity contribution in [2.75, 3.05) is 31.1 Å². The first-order valence-electron chi connectivity index (χ1n) is 11.4. The van der Waals surface area contributed by atoms with Crippen LogP contribution in [-0.2, 0) is 0 Å². The van der Waals surface area contributed by atoms with E-state index >= 15 is 0 Å². The number of carbonyl (C=O) groups is 1. The van der Waals surface area contributed by atoms with Gasteiger partial charge in [-0.3, -0.25) is 4.79 Å². The van der Waals surface area contributed by atoms with E-state index in [4.69, 9.17) is 4.98 Å². The average Bonchev–Trinajstić information content (AvgIpc) is 3.61. The maximum Gasteiger partial charge on any atom is 0.278 e. The molecule has 7 rings (SSSR count). The van der Waals surface area contributed by atoms with Crippen LogP contribution in [0.1, 0.15) is 15.9 Å². The number of nitrogens with one attached hydrogen (secondary N) is 2. The van der Waals surface area contributed by atoms with Crippen molar-refractivity contribution in [3.63, 3.8) is 0 Å². The number of anilines is 1. The normalized spacial score (nSPS) is 15.5. The number of carbonyl (C=O) groups excluding carboxylic acids is 1. The Morgan fingerprint density at radius 2 is 1.82 bits per heavy atom. The molecule has 2 N–H and O–H groups in total. The Balaban J connectivity index is 1.34. The smallest absolute Gasteiger partial charge is 0.278 e. The first-order valence-corrected chi connectivity index (χ1v) is 11.4. The molecular weight excluding hydrogens is 426 g/mol. The summed E-state index contributed by atoms with van der Waals surface area (Å²) in [6.45, 7) is 3.93. The SMILES string of the molecule is O=C1N=Cc2c(-c3cnn4ccccc34)ccc(-c3nc4cc(N5CCNCC5)ccc4[nH]3)c21. The second-order valence-electron chi connectivity index (χ2n) is 8.63. The molecular formula is C26H21N7O. The zero-order valence-electron chi connectivity index (χ0n) is 18.3. The van der Waals surface area contributed by atoms with Crippen molar-refractivity contribution in [1.82, 2.24) is 24.9 Å². The Morgan fingerprint density at radius 1 is 0.941 bits per heavy atom. The van der Waals surface area contributed by atoms with Crippen LogP contribution in [0.3, 0.4) is 0 Å². The van der Waals surface area contributed by atoms with Gasteiger partial charge in [0.05, 0.1) is 28.3 Å². The lowest BCUT2D eigenvalue weighted by Crippen LogP contribution is -2.43. The number of rotatable bonds is 3. The Morgan fingerprint density at radius 3 is 2.74 bits per heavy atom. The van der Waals surface area contributed by atoms with Crippen LogP contribution in [0, 0.1) is 0 Å². The number of H-pyrrole nitrogens is 1. The quantitative estimate of drug-likeness (QED) is 0.442. The third-order valence-corrected chi connectivity index (χ3v) is 6.69. The van der Waals surface area contributed by atoms with Gasteiger partial charge in [-0.2, -0.15) is 5.10 Å². The fourth-order valence-corrected chi connectivity index (χ4v) is 4.99. The van der Waals surface area contributed by atoms with Crippen molar-refractivity contribution in [2.24, 2.45) is 4.99 Å². The number of imidazole rings is 1. The summed E-state index contributed by atoms with van der Waals surface area (Å²) < 4.78 is 1.83. The summed E-state index contributed by atoms with van der Waals surface area (Å²) in [5.74, 6) is 0.430. The van der Waals surface area contributed by atoms with Crippen LogP contribution in [0.5, 0.6) is 0 Å². The molecule has 2 aliphatic heterocycles. The molecule has 8 nitrogen and oxygen atoms in total. The van der Waals surface area contributed by atoms with Crippen molar-refractivity contribution in [1.29, 1.82) is 0 Å². The van der Waals surface area contributed by atoms with E-state index in [0.717, 1.165) is 65.0 Å². The van der Waals surface area contributed by atoms with Gasteiger partial charge in [-0.15, -0.1) is 0 Å². The van der Waals surface area contributed by atoms with Gasteiger partial charge < -0.3 is 15.2 Å². The van der Waals surface area contributed by atoms with E-state index in [-0.39, 0.29) is 5.91 Å². The maximum absolute atomic E-state index is 12.8. The maximum atomic E-state index is 12.8. The number of hydrogen-bond acceptors (Lipinski definition) is 5. The van der Waals surface area contributed by atoms with Crippen LogP contribution in [0.4, 0.5) is 5.69 Å². The minimum Gasteiger partial charge on any atom is -0.369 e. The molecule has 1 amide bonds. The van der Waals surface area contributed by atoms with E-state index in [0.29, 0.717) is 11.4 Å². The zero-order chi connectivity index (χ0) is 22.6. The number of hydrogen-bond donors (Lipinski definition) is 2. The largest absolute Gasteiger partial charge is 0.369 e. The minimum absolute atomic E-state index is 0.245. The van der Waals surface area contributed by atoms with Crippen molar-refractivity contribution in [3.05, 3.63) is 72.1 Å². The summed E-state index contributed by atoms with van der Waals surface area (Å²) in [6, 6.07) is 16.2. The fraction of sp³-hybridized carbons (Fsp3) is 0.154. The van der Waals surface area contributed by atoms with Crippen LogP contribution in [0.25, 0.3) is 39.1 Å². The Kier molecular flexibility index (Phi) is 4.16. The molecule has 166 valence electrons. The molecule has 8 heteroatoms. The Bertz CT molecular complexity index is 1620. The van der Waals surface area contributed by atoms with Crippen LogP contribution in [0.15, 0.2) is 65.9 Å². The minimum atomic E-state index is -0.245. The highest BCUT2D eigenvalue weighted by atomic mass is 16.1. The van der Waals surface area contributed by atoms with Gasteiger partial charge in [0.25, 0.3) is 5.91 Å². The molecule has 0 spiro atoms. The third-order valence-electron chi connectivity index (χ3n) is 6.69. The van der Waals surface area contributed by atoms with E-state index in [1.54, 1.807) is 6.21 Å². The van der Waals surface area contributed by atoms with E-state index in [9.17, 15) is 4.79 Å². The molecule has 2 aliphatic rings. The lowest BCUT2D eigenvalue weighted by Gasteiger charge is -2.29. The Hall–Kier alpha value is -4.30. The van der Waals surface area contributed by atoms with Crippen molar-refractivity contribution < 1.29 is 4.79 Å². The number of pyridine rings is 1. The summed E-state index contributed by atoms with van der Waals surface area (Å²) >= 11 is 0. The molecule has 34 heavy (non-hydrogen) atoms. The van der Waals surface area contributed by atoms with E-state index < -0.39 is 0 Å². The second kappa shape index (κ2) is 7.36. The molecule has 0 radical (unpaired) electrons. The molecule has 0 saturated carbocycles. The summed E-state index contributed by atoms with van der Waals surface area (Å²) in [4.78, 5) is 27.6. The lowest BCUT2D eigenvalue weighted by atomic mass is 9.93. The predicted molar refractivity (Wildman–Crippen MR) is 133 cm³/mol. The zero-order valence-corrected chi connectivity index (χ0v) is 18.3. The highest BCUT2D eigenvalue weighted by molar-refractivity contribution is 6.19. The summed E-state index contributed by atoms with van der Waals surface area (Å²) in [5.41, 5.74) is 8.03. The molecule has 5 aromatic rings. The van der Waals surface area contributed by atoms with Crippen molar-refractivity contribution >= 4 is 34.4 Å². The number of benzene rings is 2. The highest BCUT2D eigenvalue weighted by Gasteiger charge is 2.26. The first-order chi connectivity index (χ1) is 16.8. The van der Waals surface area contributed by atoms with E-state index in [2.05, 4.69) is 43.5 Å². The van der Waals surface area contributed by atoms with E-state index in [1.165, 1.54) is 5.69 Å². The molecule has 0 bridgehead atoms. The number of fused-ring (bicyclic) bond motifs is 3. The molecule has 3 aromatic heterocycles. The lowest BCUT2D eigenvalue weighted by molar-refractivity contribution is 0.101. The van der Waals surface area contributed by atoms with Crippen molar-refractivity contribution in [2.45, 2.75) is 0 Å². The van der Waals surface area contributed by atoms with Crippen molar-refractivity contribution in [3.8, 4) is 22.5 Å². The fourth-order valence-electron chi connectivity index (χ4n) is 4.99. The topological polar surface area (TPSA) is 90.7 Å². The Labute approximate surface area is 195 Å². The number of amides is 1. The van der Waals surface area contributed by atoms with Gasteiger partial charge in [0.15, 0.2) is 0 Å². The number of nitrogens with zero attached hydrogens (tertiary/aromatic N) is 5. The summed E-state index contributed by atoms with van der Waals surface area (Å²) in [7, 11) is 0. The standard InChI is InChI=1S/C26H21N7O/c34-26-24-18(25-30-21-7-4-16(13-22(21)31-25)32-11-8-27-9-12-32)6-5-17(20(24)14-28-26)19-15-29-33-10-2-1-3-23(19)33/h1-7,10,13-15,27H,8-9,11-12H2,(H,30,31). The van der Waals surface area contributed by atoms with Gasteiger partial charge in [0.2, 0.25) is 0 Å². The molecule has 5 heterocycles. The van der Waals surface area contributed by atoms with Gasteiger partial charge in [0, 0.05) is 61.0 Å². The van der Waals surface area contributed by atoms with Crippen LogP contribution >= 0.6 is 0 Å². The van der Waals surface area contributed by atoms with Gasteiger partial charge in [0.1, 0.15) is 5.82 Å². The third kappa shape index (κ3) is 2.89. The highest BCUT2D eigenvalue weighted by Crippen LogP contribution is 2.37. The number of aliphatic imine (C=N–C) groups is 1. The second-order valence-corrected chi connectivity index (χ2v) is 8.63. The predicted octanol–water partition coefficient (Wildman–Crippen LogP) is 3.53. The van der Waals surface area contributed by atoms with Gasteiger partial charge >= 0.3 is 0 Å². The van der Waals surface area contributed by atoms with Crippen LogP contribution in [-0.4, -0.2) is 57.9 Å². The number of aromatic amines is 1. The molecule has 1 saturated heterocycles. The summed E-state index contributed by atoms with van der Waals surface area (Å²) in [5, 5.41) is 7.84.